The summed E-state index contributed by atoms with van der Waals surface area (Å²) >= 11 is 0. The number of aromatic nitrogens is 6. The predicted octanol–water partition coefficient (Wildman–Crippen LogP) is 3.58. The van der Waals surface area contributed by atoms with Gasteiger partial charge in [0, 0.05) is 31.5 Å². The lowest BCUT2D eigenvalue weighted by Gasteiger charge is -2.47. The van der Waals surface area contributed by atoms with E-state index < -0.39 is 6.09 Å². The fraction of sp³-hybridized carbons (Fsp3) is 0.545. The van der Waals surface area contributed by atoms with Crippen molar-refractivity contribution in [2.24, 2.45) is 5.41 Å². The molecule has 0 bridgehead atoms. The standard InChI is InChI=1S/C22H30N8O2/c1-6-29-19(14-10-23-13(2)24-11-14)28-16-18(25-12-26-20(16)29)27-15-8-7-9-30(21(31)32)17(15)22(3,4)5/h10-12,15,17H,6-9H2,1-5H3,(H,31,32)(H,25,26,27). The Morgan fingerprint density at radius 3 is 2.56 bits per heavy atom. The van der Waals surface area contributed by atoms with E-state index in [9.17, 15) is 9.90 Å². The van der Waals surface area contributed by atoms with Crippen LogP contribution in [-0.2, 0) is 6.54 Å². The van der Waals surface area contributed by atoms with E-state index in [0.29, 0.717) is 30.2 Å². The third-order valence-electron chi connectivity index (χ3n) is 5.97. The molecule has 32 heavy (non-hydrogen) atoms. The van der Waals surface area contributed by atoms with Crippen LogP contribution in [0.3, 0.4) is 0 Å². The lowest BCUT2D eigenvalue weighted by atomic mass is 9.77. The molecule has 0 spiro atoms. The zero-order chi connectivity index (χ0) is 23.0. The normalized spacial score (nSPS) is 19.3. The van der Waals surface area contributed by atoms with Crippen LogP contribution in [0.2, 0.25) is 0 Å². The number of rotatable bonds is 4. The molecule has 1 aliphatic heterocycles. The molecule has 2 unspecified atom stereocenters. The smallest absolute Gasteiger partial charge is 0.407 e. The SMILES string of the molecule is CCn1c(-c2cnc(C)nc2)nc2c(NC3CCCN(C(=O)O)C3C(C)(C)C)ncnc21. The monoisotopic (exact) mass is 438 g/mol. The molecule has 0 aromatic carbocycles. The molecule has 3 aromatic rings. The van der Waals surface area contributed by atoms with Gasteiger partial charge in [-0.1, -0.05) is 20.8 Å². The zero-order valence-corrected chi connectivity index (χ0v) is 19.2. The highest BCUT2D eigenvalue weighted by molar-refractivity contribution is 5.86. The number of aryl methyl sites for hydroxylation is 2. The molecule has 4 rings (SSSR count). The van der Waals surface area contributed by atoms with E-state index in [4.69, 9.17) is 4.98 Å². The molecule has 1 amide bonds. The molecule has 1 aliphatic rings. The molecule has 2 N–H and O–H groups in total. The Labute approximate surface area is 187 Å². The number of amides is 1. The summed E-state index contributed by atoms with van der Waals surface area (Å²) < 4.78 is 2.02. The molecule has 0 aliphatic carbocycles. The van der Waals surface area contributed by atoms with Crippen molar-refractivity contribution in [3.8, 4) is 11.4 Å². The summed E-state index contributed by atoms with van der Waals surface area (Å²) in [7, 11) is 0. The van der Waals surface area contributed by atoms with E-state index in [2.05, 4.69) is 46.0 Å². The van der Waals surface area contributed by atoms with Crippen molar-refractivity contribution in [2.75, 3.05) is 11.9 Å². The Morgan fingerprint density at radius 1 is 1.22 bits per heavy atom. The molecule has 0 radical (unpaired) electrons. The van der Waals surface area contributed by atoms with Crippen LogP contribution in [0.15, 0.2) is 18.7 Å². The zero-order valence-electron chi connectivity index (χ0n) is 19.2. The van der Waals surface area contributed by atoms with Crippen molar-refractivity contribution < 1.29 is 9.90 Å². The van der Waals surface area contributed by atoms with Gasteiger partial charge < -0.3 is 19.9 Å². The van der Waals surface area contributed by atoms with Gasteiger partial charge in [-0.15, -0.1) is 0 Å². The van der Waals surface area contributed by atoms with Gasteiger partial charge in [0.15, 0.2) is 17.0 Å². The van der Waals surface area contributed by atoms with Gasteiger partial charge in [-0.2, -0.15) is 0 Å². The Hall–Kier alpha value is -3.30. The van der Waals surface area contributed by atoms with Crippen molar-refractivity contribution in [1.29, 1.82) is 0 Å². The molecule has 1 fully saturated rings. The largest absolute Gasteiger partial charge is 0.465 e. The van der Waals surface area contributed by atoms with Gasteiger partial charge in [0.25, 0.3) is 0 Å². The number of hydrogen-bond donors (Lipinski definition) is 2. The molecule has 4 heterocycles. The molecular formula is C22H30N8O2. The minimum atomic E-state index is -0.888. The van der Waals surface area contributed by atoms with Gasteiger partial charge in [0.2, 0.25) is 0 Å². The minimum absolute atomic E-state index is 0.0871. The van der Waals surface area contributed by atoms with Crippen molar-refractivity contribution >= 4 is 23.1 Å². The average Bonchev–Trinajstić information content (AvgIpc) is 3.13. The number of nitrogens with zero attached hydrogens (tertiary/aromatic N) is 7. The van der Waals surface area contributed by atoms with Crippen LogP contribution >= 0.6 is 0 Å². The second kappa shape index (κ2) is 8.33. The van der Waals surface area contributed by atoms with E-state index in [-0.39, 0.29) is 17.5 Å². The summed E-state index contributed by atoms with van der Waals surface area (Å²) in [6.45, 7) is 11.3. The summed E-state index contributed by atoms with van der Waals surface area (Å²) in [4.78, 5) is 35.9. The van der Waals surface area contributed by atoms with Crippen LogP contribution in [0.1, 0.15) is 46.4 Å². The number of piperidine rings is 1. The fourth-order valence-corrected chi connectivity index (χ4v) is 4.68. The van der Waals surface area contributed by atoms with Crippen LogP contribution in [0.25, 0.3) is 22.6 Å². The van der Waals surface area contributed by atoms with Crippen molar-refractivity contribution in [2.45, 2.75) is 66.1 Å². The molecule has 3 aromatic heterocycles. The van der Waals surface area contributed by atoms with Gasteiger partial charge in [0.05, 0.1) is 11.6 Å². The summed E-state index contributed by atoms with van der Waals surface area (Å²) in [5, 5.41) is 13.3. The summed E-state index contributed by atoms with van der Waals surface area (Å²) in [5.74, 6) is 2.04. The van der Waals surface area contributed by atoms with E-state index in [0.717, 1.165) is 29.9 Å². The lowest BCUT2D eigenvalue weighted by Crippen LogP contribution is -2.58. The Kier molecular flexibility index (Phi) is 5.70. The lowest BCUT2D eigenvalue weighted by molar-refractivity contribution is 0.0519. The van der Waals surface area contributed by atoms with E-state index in [1.165, 1.54) is 6.33 Å². The molecule has 10 heteroatoms. The number of anilines is 1. The first-order valence-corrected chi connectivity index (χ1v) is 11.0. The number of fused-ring (bicyclic) bond motifs is 1. The number of hydrogen-bond acceptors (Lipinski definition) is 7. The highest BCUT2D eigenvalue weighted by Crippen LogP contribution is 2.35. The molecule has 1 saturated heterocycles. The summed E-state index contributed by atoms with van der Waals surface area (Å²) in [6, 6.07) is -0.284. The second-order valence-electron chi connectivity index (χ2n) is 9.27. The van der Waals surface area contributed by atoms with Crippen LogP contribution in [0.4, 0.5) is 10.6 Å². The number of likely N-dealkylation sites (tertiary alicyclic amines) is 1. The predicted molar refractivity (Wildman–Crippen MR) is 121 cm³/mol. The summed E-state index contributed by atoms with van der Waals surface area (Å²) in [5.41, 5.74) is 1.95. The van der Waals surface area contributed by atoms with Gasteiger partial charge >= 0.3 is 6.09 Å². The van der Waals surface area contributed by atoms with Crippen molar-refractivity contribution in [1.82, 2.24) is 34.4 Å². The number of imidazole rings is 1. The van der Waals surface area contributed by atoms with Crippen LogP contribution < -0.4 is 5.32 Å². The highest BCUT2D eigenvalue weighted by atomic mass is 16.4. The average molecular weight is 439 g/mol. The Morgan fingerprint density at radius 2 is 1.94 bits per heavy atom. The topological polar surface area (TPSA) is 122 Å². The number of carbonyl (C=O) groups is 1. The first-order valence-electron chi connectivity index (χ1n) is 11.0. The van der Waals surface area contributed by atoms with Gasteiger partial charge in [-0.05, 0) is 32.1 Å². The van der Waals surface area contributed by atoms with Crippen LogP contribution in [0.5, 0.6) is 0 Å². The molecule has 170 valence electrons. The van der Waals surface area contributed by atoms with Gasteiger partial charge in [0.1, 0.15) is 18.0 Å². The highest BCUT2D eigenvalue weighted by Gasteiger charge is 2.42. The van der Waals surface area contributed by atoms with E-state index in [1.807, 2.05) is 18.4 Å². The maximum absolute atomic E-state index is 11.9. The van der Waals surface area contributed by atoms with Crippen LogP contribution in [0, 0.1) is 12.3 Å². The second-order valence-corrected chi connectivity index (χ2v) is 9.27. The van der Waals surface area contributed by atoms with E-state index in [1.54, 1.807) is 17.3 Å². The first kappa shape index (κ1) is 21.9. The molecule has 0 saturated carbocycles. The molecule has 2 atom stereocenters. The number of nitrogens with one attached hydrogen (secondary N) is 1. The maximum atomic E-state index is 11.9. The quantitative estimate of drug-likeness (QED) is 0.634. The van der Waals surface area contributed by atoms with Crippen molar-refractivity contribution in [3.05, 3.63) is 24.5 Å². The molecule has 10 nitrogen and oxygen atoms in total. The fourth-order valence-electron chi connectivity index (χ4n) is 4.68. The number of carboxylic acid groups (broad SMARTS) is 1. The van der Waals surface area contributed by atoms with Crippen LogP contribution in [-0.4, -0.2) is 64.2 Å². The van der Waals surface area contributed by atoms with Gasteiger partial charge in [-0.3, -0.25) is 0 Å². The minimum Gasteiger partial charge on any atom is -0.465 e. The maximum Gasteiger partial charge on any atom is 0.407 e. The van der Waals surface area contributed by atoms with Crippen molar-refractivity contribution in [3.63, 3.8) is 0 Å². The third kappa shape index (κ3) is 3.96. The third-order valence-corrected chi connectivity index (χ3v) is 5.97. The Balaban J connectivity index is 1.76. The summed E-state index contributed by atoms with van der Waals surface area (Å²) in [6.07, 6.45) is 5.80. The van der Waals surface area contributed by atoms with E-state index >= 15 is 0 Å². The first-order chi connectivity index (χ1) is 15.2. The molecular weight excluding hydrogens is 408 g/mol. The Bertz CT molecular complexity index is 1120. The van der Waals surface area contributed by atoms with Gasteiger partial charge in [-0.25, -0.2) is 29.7 Å².